The van der Waals surface area contributed by atoms with Gasteiger partial charge in [0, 0.05) is 37.1 Å². The summed E-state index contributed by atoms with van der Waals surface area (Å²) in [5.74, 6) is 0.492. The maximum absolute atomic E-state index is 13.7. The zero-order chi connectivity index (χ0) is 23.5. The van der Waals surface area contributed by atoms with Gasteiger partial charge in [-0.25, -0.2) is 24.0 Å². The van der Waals surface area contributed by atoms with Crippen LogP contribution in [0, 0.1) is 12.7 Å². The van der Waals surface area contributed by atoms with Gasteiger partial charge in [0.2, 0.25) is 0 Å². The van der Waals surface area contributed by atoms with Crippen LogP contribution in [0.15, 0.2) is 67.4 Å². The number of halogens is 1. The normalized spacial score (nSPS) is 15.9. The van der Waals surface area contributed by atoms with Gasteiger partial charge in [0.25, 0.3) is 5.91 Å². The summed E-state index contributed by atoms with van der Waals surface area (Å²) in [6.07, 6.45) is 8.79. The molecular formula is C25H23FN6O2. The number of nitrogens with zero attached hydrogens (tertiary/aromatic N) is 6. The standard InChI is InChI=1S/C25H23FN6O2/c1-17-4-6-20(24-27-8-2-9-28-24)21(12-17)25(33)31-10-3-11-34-23(31)13-18-14-30-32(16-18)22-7-5-19(26)15-29-22/h2,4-9,12,14-16,23H,3,10-11,13H2,1H3. The average Bonchev–Trinajstić information content (AvgIpc) is 3.33. The minimum Gasteiger partial charge on any atom is -0.358 e. The minimum atomic E-state index is -0.440. The molecule has 1 atom stereocenters. The fraction of sp³-hybridized carbons (Fsp3) is 0.240. The fourth-order valence-electron chi connectivity index (χ4n) is 4.01. The van der Waals surface area contributed by atoms with E-state index < -0.39 is 12.0 Å². The van der Waals surface area contributed by atoms with Crippen LogP contribution in [0.2, 0.25) is 0 Å². The second-order valence-corrected chi connectivity index (χ2v) is 8.13. The van der Waals surface area contributed by atoms with Gasteiger partial charge in [-0.2, -0.15) is 5.10 Å². The fourth-order valence-corrected chi connectivity index (χ4v) is 4.01. The molecule has 1 aliphatic heterocycles. The van der Waals surface area contributed by atoms with Crippen molar-refractivity contribution in [1.82, 2.24) is 29.6 Å². The number of amides is 1. The molecule has 1 aromatic carbocycles. The van der Waals surface area contributed by atoms with Crippen LogP contribution >= 0.6 is 0 Å². The lowest BCUT2D eigenvalue weighted by molar-refractivity contribution is -0.0761. The Kier molecular flexibility index (Phi) is 6.09. The van der Waals surface area contributed by atoms with Gasteiger partial charge in [-0.1, -0.05) is 17.7 Å². The summed E-state index contributed by atoms with van der Waals surface area (Å²) < 4.78 is 20.8. The maximum Gasteiger partial charge on any atom is 0.256 e. The molecule has 0 bridgehead atoms. The molecule has 1 aliphatic rings. The molecular weight excluding hydrogens is 435 g/mol. The third-order valence-corrected chi connectivity index (χ3v) is 5.67. The second-order valence-electron chi connectivity index (χ2n) is 8.13. The molecule has 0 aliphatic carbocycles. The molecule has 0 saturated carbocycles. The van der Waals surface area contributed by atoms with Crippen molar-refractivity contribution < 1.29 is 13.9 Å². The molecule has 9 heteroatoms. The van der Waals surface area contributed by atoms with Crippen molar-refractivity contribution in [3.8, 4) is 17.2 Å². The van der Waals surface area contributed by atoms with Gasteiger partial charge in [-0.3, -0.25) is 4.79 Å². The van der Waals surface area contributed by atoms with E-state index in [-0.39, 0.29) is 5.91 Å². The van der Waals surface area contributed by atoms with Crippen molar-refractivity contribution in [2.45, 2.75) is 26.0 Å². The lowest BCUT2D eigenvalue weighted by Crippen LogP contribution is -2.47. The van der Waals surface area contributed by atoms with Gasteiger partial charge in [-0.05, 0) is 43.2 Å². The third kappa shape index (κ3) is 4.55. The Morgan fingerprint density at radius 2 is 2.00 bits per heavy atom. The van der Waals surface area contributed by atoms with E-state index >= 15 is 0 Å². The molecule has 0 spiro atoms. The summed E-state index contributed by atoms with van der Waals surface area (Å²) in [4.78, 5) is 28.2. The molecule has 4 heterocycles. The van der Waals surface area contributed by atoms with Gasteiger partial charge in [-0.15, -0.1) is 0 Å². The van der Waals surface area contributed by atoms with Gasteiger partial charge < -0.3 is 9.64 Å². The lowest BCUT2D eigenvalue weighted by Gasteiger charge is -2.36. The van der Waals surface area contributed by atoms with Crippen LogP contribution in [0.1, 0.15) is 27.9 Å². The van der Waals surface area contributed by atoms with Gasteiger partial charge in [0.15, 0.2) is 11.6 Å². The Morgan fingerprint density at radius 1 is 1.15 bits per heavy atom. The maximum atomic E-state index is 13.7. The van der Waals surface area contributed by atoms with E-state index in [4.69, 9.17) is 4.74 Å². The van der Waals surface area contributed by atoms with Crippen molar-refractivity contribution in [3.05, 3.63) is 89.9 Å². The Bertz CT molecular complexity index is 1290. The predicted molar refractivity (Wildman–Crippen MR) is 123 cm³/mol. The quantitative estimate of drug-likeness (QED) is 0.454. The van der Waals surface area contributed by atoms with Gasteiger partial charge >= 0.3 is 0 Å². The lowest BCUT2D eigenvalue weighted by atomic mass is 10.0. The molecule has 1 saturated heterocycles. The predicted octanol–water partition coefficient (Wildman–Crippen LogP) is 3.60. The monoisotopic (exact) mass is 458 g/mol. The van der Waals surface area contributed by atoms with Crippen LogP contribution in [-0.4, -0.2) is 54.9 Å². The number of benzene rings is 1. The largest absolute Gasteiger partial charge is 0.358 e. The second kappa shape index (κ2) is 9.48. The summed E-state index contributed by atoms with van der Waals surface area (Å²) in [5, 5.41) is 4.33. The average molecular weight is 458 g/mol. The Balaban J connectivity index is 1.40. The highest BCUT2D eigenvalue weighted by Crippen LogP contribution is 2.26. The van der Waals surface area contributed by atoms with Crippen molar-refractivity contribution in [1.29, 1.82) is 0 Å². The van der Waals surface area contributed by atoms with Crippen LogP contribution < -0.4 is 0 Å². The van der Waals surface area contributed by atoms with Crippen LogP contribution in [-0.2, 0) is 11.2 Å². The van der Waals surface area contributed by atoms with Crippen LogP contribution in [0.5, 0.6) is 0 Å². The van der Waals surface area contributed by atoms with E-state index in [0.29, 0.717) is 42.3 Å². The first-order chi connectivity index (χ1) is 16.6. The Morgan fingerprint density at radius 3 is 2.79 bits per heavy atom. The molecule has 4 aromatic rings. The number of hydrogen-bond acceptors (Lipinski definition) is 6. The van der Waals surface area contributed by atoms with Gasteiger partial charge in [0.1, 0.15) is 12.0 Å². The molecule has 5 rings (SSSR count). The van der Waals surface area contributed by atoms with Crippen LogP contribution in [0.25, 0.3) is 17.2 Å². The van der Waals surface area contributed by atoms with Crippen molar-refractivity contribution in [3.63, 3.8) is 0 Å². The first-order valence-corrected chi connectivity index (χ1v) is 11.0. The SMILES string of the molecule is Cc1ccc(-c2ncccn2)c(C(=O)N2CCCOC2Cc2cnn(-c3ccc(F)cn3)c2)c1. The van der Waals surface area contributed by atoms with Crippen LogP contribution in [0.4, 0.5) is 4.39 Å². The minimum absolute atomic E-state index is 0.122. The molecule has 1 amide bonds. The Hall–Kier alpha value is -3.98. The number of carbonyl (C=O) groups excluding carboxylic acids is 1. The third-order valence-electron chi connectivity index (χ3n) is 5.67. The molecule has 8 nitrogen and oxygen atoms in total. The van der Waals surface area contributed by atoms with E-state index in [0.717, 1.165) is 23.7 Å². The van der Waals surface area contributed by atoms with Crippen molar-refractivity contribution in [2.24, 2.45) is 0 Å². The smallest absolute Gasteiger partial charge is 0.256 e. The van der Waals surface area contributed by atoms with Gasteiger partial charge in [0.05, 0.1) is 24.6 Å². The first kappa shape index (κ1) is 21.8. The topological polar surface area (TPSA) is 86.0 Å². The highest BCUT2D eigenvalue weighted by molar-refractivity contribution is 6.00. The molecule has 3 aromatic heterocycles. The van der Waals surface area contributed by atoms with Crippen molar-refractivity contribution >= 4 is 5.91 Å². The summed E-state index contributed by atoms with van der Waals surface area (Å²) >= 11 is 0. The van der Waals surface area contributed by atoms with Crippen LogP contribution in [0.3, 0.4) is 0 Å². The van der Waals surface area contributed by atoms with E-state index in [9.17, 15) is 9.18 Å². The zero-order valence-corrected chi connectivity index (χ0v) is 18.6. The summed E-state index contributed by atoms with van der Waals surface area (Å²) in [6, 6.07) is 10.4. The number of ether oxygens (including phenoxy) is 1. The number of pyridine rings is 1. The number of aromatic nitrogens is 5. The molecule has 1 unspecified atom stereocenters. The molecule has 172 valence electrons. The number of rotatable bonds is 5. The summed E-state index contributed by atoms with van der Waals surface area (Å²) in [6.45, 7) is 3.11. The van der Waals surface area contributed by atoms with Crippen molar-refractivity contribution in [2.75, 3.05) is 13.2 Å². The number of carbonyl (C=O) groups is 1. The summed E-state index contributed by atoms with van der Waals surface area (Å²) in [5.41, 5.74) is 3.10. The van der Waals surface area contributed by atoms with E-state index in [1.807, 2.05) is 31.3 Å². The highest BCUT2D eigenvalue weighted by atomic mass is 19.1. The molecule has 0 N–H and O–H groups in total. The first-order valence-electron chi connectivity index (χ1n) is 11.0. The Labute approximate surface area is 196 Å². The molecule has 34 heavy (non-hydrogen) atoms. The number of aryl methyl sites for hydroxylation is 1. The van der Waals surface area contributed by atoms with E-state index in [2.05, 4.69) is 20.1 Å². The van der Waals surface area contributed by atoms with E-state index in [1.165, 1.54) is 6.07 Å². The molecule has 0 radical (unpaired) electrons. The summed E-state index contributed by atoms with van der Waals surface area (Å²) in [7, 11) is 0. The van der Waals surface area contributed by atoms with E-state index in [1.54, 1.807) is 40.3 Å². The molecule has 1 fully saturated rings. The number of hydrogen-bond donors (Lipinski definition) is 0. The highest BCUT2D eigenvalue weighted by Gasteiger charge is 2.30. The zero-order valence-electron chi connectivity index (χ0n) is 18.6.